The van der Waals surface area contributed by atoms with E-state index in [4.69, 9.17) is 9.57 Å². The van der Waals surface area contributed by atoms with E-state index < -0.39 is 0 Å². The average Bonchev–Trinajstić information content (AvgIpc) is 2.20. The third kappa shape index (κ3) is 6.62. The van der Waals surface area contributed by atoms with E-state index in [0.29, 0.717) is 31.8 Å². The molecule has 0 saturated heterocycles. The Morgan fingerprint density at radius 1 is 1.43 bits per heavy atom. The van der Waals surface area contributed by atoms with E-state index in [1.54, 1.807) is 0 Å². The lowest BCUT2D eigenvalue weighted by Crippen LogP contribution is -2.18. The van der Waals surface area contributed by atoms with Gasteiger partial charge in [-0.1, -0.05) is 13.5 Å². The maximum Gasteiger partial charge on any atom is 0.333 e. The van der Waals surface area contributed by atoms with Crippen LogP contribution in [0, 0.1) is 0 Å². The number of esters is 1. The maximum atomic E-state index is 11.2. The highest BCUT2D eigenvalue weighted by Crippen LogP contribution is 2.00. The molecular weight excluding hydrogens is 182 g/mol. The van der Waals surface area contributed by atoms with E-state index in [-0.39, 0.29) is 5.97 Å². The second-order valence-corrected chi connectivity index (χ2v) is 2.82. The lowest BCUT2D eigenvalue weighted by molar-refractivity contribution is -0.139. The zero-order valence-corrected chi connectivity index (χ0v) is 8.97. The summed E-state index contributed by atoms with van der Waals surface area (Å²) in [5.74, 6) is -0.315. The highest BCUT2D eigenvalue weighted by molar-refractivity contribution is 5.87. The Bertz CT molecular complexity index is 180. The van der Waals surface area contributed by atoms with Crippen LogP contribution in [-0.2, 0) is 14.4 Å². The predicted molar refractivity (Wildman–Crippen MR) is 54.6 cm³/mol. The molecule has 0 amide bonds. The van der Waals surface area contributed by atoms with Crippen LogP contribution >= 0.6 is 0 Å². The average molecular weight is 201 g/mol. The number of hydrogen-bond donors (Lipinski definition) is 1. The second kappa shape index (κ2) is 8.72. The molecule has 0 aliphatic rings. The summed E-state index contributed by atoms with van der Waals surface area (Å²) in [4.78, 5) is 16.1. The Labute approximate surface area is 85.2 Å². The molecule has 0 aromatic carbocycles. The molecule has 14 heavy (non-hydrogen) atoms. The monoisotopic (exact) mass is 201 g/mol. The Balaban J connectivity index is 3.47. The van der Waals surface area contributed by atoms with Crippen LogP contribution in [0.1, 0.15) is 26.7 Å². The van der Waals surface area contributed by atoms with E-state index in [1.165, 1.54) is 0 Å². The quantitative estimate of drug-likeness (QED) is 0.279. The van der Waals surface area contributed by atoms with E-state index in [1.807, 2.05) is 13.8 Å². The molecule has 0 fully saturated rings. The fourth-order valence-corrected chi connectivity index (χ4v) is 0.775. The number of ether oxygens (including phenoxy) is 1. The van der Waals surface area contributed by atoms with Gasteiger partial charge >= 0.3 is 5.97 Å². The molecule has 0 saturated carbocycles. The molecule has 0 aromatic heterocycles. The largest absolute Gasteiger partial charge is 0.462 e. The van der Waals surface area contributed by atoms with Gasteiger partial charge in [0.25, 0.3) is 0 Å². The Morgan fingerprint density at radius 3 is 2.71 bits per heavy atom. The van der Waals surface area contributed by atoms with Gasteiger partial charge < -0.3 is 9.57 Å². The third-order valence-electron chi connectivity index (χ3n) is 1.50. The van der Waals surface area contributed by atoms with Crippen LogP contribution in [0.15, 0.2) is 12.2 Å². The van der Waals surface area contributed by atoms with Crippen molar-refractivity contribution in [3.05, 3.63) is 12.2 Å². The Morgan fingerprint density at radius 2 is 2.14 bits per heavy atom. The van der Waals surface area contributed by atoms with Gasteiger partial charge in [-0.15, -0.1) is 0 Å². The first-order valence-electron chi connectivity index (χ1n) is 4.91. The summed E-state index contributed by atoms with van der Waals surface area (Å²) < 4.78 is 4.90. The molecule has 0 heterocycles. The van der Waals surface area contributed by atoms with Crippen molar-refractivity contribution in [2.24, 2.45) is 0 Å². The standard InChI is InChI=1S/C10H19NO3/c1-4-8-13-10(12)9(3)6-7-11-14-5-2/h11H,3-8H2,1-2H3. The minimum atomic E-state index is -0.315. The van der Waals surface area contributed by atoms with Crippen LogP contribution in [0.5, 0.6) is 0 Å². The van der Waals surface area contributed by atoms with E-state index in [2.05, 4.69) is 12.1 Å². The topological polar surface area (TPSA) is 47.6 Å². The van der Waals surface area contributed by atoms with Crippen LogP contribution in [0.25, 0.3) is 0 Å². The van der Waals surface area contributed by atoms with Crippen molar-refractivity contribution in [3.63, 3.8) is 0 Å². The summed E-state index contributed by atoms with van der Waals surface area (Å²) in [5.41, 5.74) is 3.19. The zero-order valence-electron chi connectivity index (χ0n) is 8.97. The number of carbonyl (C=O) groups is 1. The molecule has 4 heteroatoms. The van der Waals surface area contributed by atoms with E-state index in [0.717, 1.165) is 6.42 Å². The van der Waals surface area contributed by atoms with Crippen molar-refractivity contribution in [1.82, 2.24) is 5.48 Å². The molecule has 0 radical (unpaired) electrons. The van der Waals surface area contributed by atoms with Crippen molar-refractivity contribution in [2.75, 3.05) is 19.8 Å². The summed E-state index contributed by atoms with van der Waals surface area (Å²) >= 11 is 0. The Hall–Kier alpha value is -0.870. The second-order valence-electron chi connectivity index (χ2n) is 2.82. The van der Waals surface area contributed by atoms with Gasteiger partial charge in [0.1, 0.15) is 0 Å². The number of hydroxylamine groups is 1. The molecule has 0 unspecified atom stereocenters. The van der Waals surface area contributed by atoms with E-state index >= 15 is 0 Å². The third-order valence-corrected chi connectivity index (χ3v) is 1.50. The van der Waals surface area contributed by atoms with Gasteiger partial charge in [0.15, 0.2) is 0 Å². The fourth-order valence-electron chi connectivity index (χ4n) is 0.775. The molecule has 0 aromatic rings. The van der Waals surface area contributed by atoms with Crippen LogP contribution < -0.4 is 5.48 Å². The molecule has 82 valence electrons. The minimum absolute atomic E-state index is 0.315. The van der Waals surface area contributed by atoms with Gasteiger partial charge in [0.05, 0.1) is 13.2 Å². The smallest absolute Gasteiger partial charge is 0.333 e. The first-order chi connectivity index (χ1) is 6.72. The molecule has 0 bridgehead atoms. The number of rotatable bonds is 8. The highest BCUT2D eigenvalue weighted by Gasteiger charge is 2.06. The zero-order chi connectivity index (χ0) is 10.8. The molecule has 0 aliphatic carbocycles. The lowest BCUT2D eigenvalue weighted by Gasteiger charge is -2.06. The van der Waals surface area contributed by atoms with Crippen LogP contribution in [-0.4, -0.2) is 25.7 Å². The summed E-state index contributed by atoms with van der Waals surface area (Å²) in [5, 5.41) is 0. The molecule has 1 N–H and O–H groups in total. The van der Waals surface area contributed by atoms with Gasteiger partial charge in [-0.25, -0.2) is 10.3 Å². The maximum absolute atomic E-state index is 11.2. The Kier molecular flexibility index (Phi) is 8.17. The first-order valence-corrected chi connectivity index (χ1v) is 4.91. The normalized spacial score (nSPS) is 9.86. The summed E-state index contributed by atoms with van der Waals surface area (Å²) in [7, 11) is 0. The van der Waals surface area contributed by atoms with E-state index in [9.17, 15) is 4.79 Å². The van der Waals surface area contributed by atoms with Gasteiger partial charge in [-0.3, -0.25) is 0 Å². The summed E-state index contributed by atoms with van der Waals surface area (Å²) in [6.45, 7) is 9.11. The van der Waals surface area contributed by atoms with Crippen molar-refractivity contribution in [1.29, 1.82) is 0 Å². The number of nitrogens with one attached hydrogen (secondary N) is 1. The molecule has 0 atom stereocenters. The van der Waals surface area contributed by atoms with Gasteiger partial charge in [0, 0.05) is 12.1 Å². The van der Waals surface area contributed by atoms with Crippen molar-refractivity contribution >= 4 is 5.97 Å². The fraction of sp³-hybridized carbons (Fsp3) is 0.700. The molecule has 0 aliphatic heterocycles. The van der Waals surface area contributed by atoms with Gasteiger partial charge in [0.2, 0.25) is 0 Å². The lowest BCUT2D eigenvalue weighted by atomic mass is 10.2. The van der Waals surface area contributed by atoms with Gasteiger partial charge in [-0.2, -0.15) is 0 Å². The molecule has 4 nitrogen and oxygen atoms in total. The summed E-state index contributed by atoms with van der Waals surface area (Å²) in [6.07, 6.45) is 1.37. The highest BCUT2D eigenvalue weighted by atomic mass is 16.6. The van der Waals surface area contributed by atoms with Crippen LogP contribution in [0.4, 0.5) is 0 Å². The van der Waals surface area contributed by atoms with Crippen molar-refractivity contribution in [3.8, 4) is 0 Å². The van der Waals surface area contributed by atoms with Crippen LogP contribution in [0.3, 0.4) is 0 Å². The minimum Gasteiger partial charge on any atom is -0.462 e. The number of carbonyl (C=O) groups excluding carboxylic acids is 1. The van der Waals surface area contributed by atoms with Crippen molar-refractivity contribution in [2.45, 2.75) is 26.7 Å². The SMILES string of the molecule is C=C(CCNOCC)C(=O)OCCC. The number of hydrogen-bond acceptors (Lipinski definition) is 4. The first kappa shape index (κ1) is 13.1. The van der Waals surface area contributed by atoms with Crippen LogP contribution in [0.2, 0.25) is 0 Å². The molecule has 0 spiro atoms. The van der Waals surface area contributed by atoms with Gasteiger partial charge in [-0.05, 0) is 19.8 Å². The van der Waals surface area contributed by atoms with Crippen molar-refractivity contribution < 1.29 is 14.4 Å². The molecule has 0 rings (SSSR count). The predicted octanol–water partition coefficient (Wildman–Crippen LogP) is 1.43. The summed E-state index contributed by atoms with van der Waals surface area (Å²) in [6, 6.07) is 0. The molecular formula is C10H19NO3.